The quantitative estimate of drug-likeness (QED) is 0.186. The average Bonchev–Trinajstić information content (AvgIpc) is 2.79. The molecule has 0 aromatic heterocycles. The van der Waals surface area contributed by atoms with Crippen LogP contribution in [-0.4, -0.2) is 66.0 Å². The Kier molecular flexibility index (Phi) is 13.2. The molecule has 0 amide bonds. The second-order valence-electron chi connectivity index (χ2n) is 11.4. The van der Waals surface area contributed by atoms with Crippen molar-refractivity contribution in [3.8, 4) is 11.5 Å². The van der Waals surface area contributed by atoms with Crippen LogP contribution < -0.4 is 14.8 Å². The lowest BCUT2D eigenvalue weighted by molar-refractivity contribution is -0.139. The monoisotopic (exact) mass is 569 g/mol. The molecular formula is C28H43NO11. The Morgan fingerprint density at radius 3 is 1.93 bits per heavy atom. The molecule has 0 saturated heterocycles. The van der Waals surface area contributed by atoms with Crippen LogP contribution in [0.1, 0.15) is 74.3 Å². The van der Waals surface area contributed by atoms with E-state index in [-0.39, 0.29) is 37.0 Å². The molecule has 3 atom stereocenters. The highest BCUT2D eigenvalue weighted by Gasteiger charge is 2.25. The summed E-state index contributed by atoms with van der Waals surface area (Å²) in [5.41, 5.74) is -1.23. The molecule has 0 saturated carbocycles. The lowest BCUT2D eigenvalue weighted by Gasteiger charge is -2.21. The Hall–Kier alpha value is -3.54. The van der Waals surface area contributed by atoms with Crippen molar-refractivity contribution >= 4 is 24.4 Å². The summed E-state index contributed by atoms with van der Waals surface area (Å²) in [6, 6.07) is 3.16. The molecule has 0 aliphatic rings. The number of rotatable bonds is 12. The predicted molar refractivity (Wildman–Crippen MR) is 145 cm³/mol. The summed E-state index contributed by atoms with van der Waals surface area (Å²) in [6.07, 6.45) is -2.75. The van der Waals surface area contributed by atoms with Crippen molar-refractivity contribution in [3.63, 3.8) is 0 Å². The first-order valence-corrected chi connectivity index (χ1v) is 13.1. The molecule has 2 N–H and O–H groups in total. The number of hydrogen-bond acceptors (Lipinski definition) is 11. The fraction of sp³-hybridized carbons (Fsp3) is 0.643. The van der Waals surface area contributed by atoms with Crippen molar-refractivity contribution in [2.24, 2.45) is 5.92 Å². The molecule has 0 bridgehead atoms. The van der Waals surface area contributed by atoms with Gasteiger partial charge in [0.1, 0.15) is 23.3 Å². The molecule has 1 rings (SSSR count). The van der Waals surface area contributed by atoms with Gasteiger partial charge >= 0.3 is 24.4 Å². The highest BCUT2D eigenvalue weighted by molar-refractivity contribution is 5.74. The maximum absolute atomic E-state index is 12.3. The van der Waals surface area contributed by atoms with Crippen LogP contribution in [0.15, 0.2) is 18.2 Å². The first-order valence-electron chi connectivity index (χ1n) is 13.1. The number of hydrogen-bond donors (Lipinski definition) is 2. The molecule has 1 aromatic rings. The normalized spacial score (nSPS) is 13.8. The van der Waals surface area contributed by atoms with Crippen molar-refractivity contribution in [1.82, 2.24) is 5.32 Å². The van der Waals surface area contributed by atoms with Crippen LogP contribution in [0.4, 0.5) is 14.4 Å². The Bertz CT molecular complexity index is 1010. The first kappa shape index (κ1) is 34.5. The number of carboxylic acids is 1. The van der Waals surface area contributed by atoms with E-state index in [4.69, 9.17) is 28.4 Å². The zero-order valence-electron chi connectivity index (χ0n) is 24.8. The van der Waals surface area contributed by atoms with E-state index in [2.05, 4.69) is 5.32 Å². The van der Waals surface area contributed by atoms with Gasteiger partial charge in [0.05, 0.1) is 6.61 Å². The molecule has 1 aromatic carbocycles. The number of nitrogens with one attached hydrogen (secondary N) is 1. The fourth-order valence-electron chi connectivity index (χ4n) is 2.92. The summed E-state index contributed by atoms with van der Waals surface area (Å²) < 4.78 is 31.1. The third-order valence-electron chi connectivity index (χ3n) is 5.04. The Morgan fingerprint density at radius 1 is 0.875 bits per heavy atom. The molecule has 0 aliphatic heterocycles. The van der Waals surface area contributed by atoms with Crippen LogP contribution in [-0.2, 0) is 30.2 Å². The van der Waals surface area contributed by atoms with E-state index in [1.807, 2.05) is 13.8 Å². The van der Waals surface area contributed by atoms with Crippen LogP contribution >= 0.6 is 0 Å². The summed E-state index contributed by atoms with van der Waals surface area (Å²) in [5.74, 6) is -1.25. The zero-order valence-corrected chi connectivity index (χ0v) is 24.8. The molecule has 0 radical (unpaired) electrons. The molecule has 12 heteroatoms. The van der Waals surface area contributed by atoms with E-state index >= 15 is 0 Å². The summed E-state index contributed by atoms with van der Waals surface area (Å²) in [4.78, 5) is 48.3. The van der Waals surface area contributed by atoms with Gasteiger partial charge in [-0.3, -0.25) is 4.79 Å². The van der Waals surface area contributed by atoms with Crippen LogP contribution in [0.5, 0.6) is 11.5 Å². The Labute approximate surface area is 235 Å². The van der Waals surface area contributed by atoms with E-state index in [9.17, 15) is 24.3 Å². The highest BCUT2D eigenvalue weighted by Crippen LogP contribution is 2.31. The van der Waals surface area contributed by atoms with E-state index in [1.165, 1.54) is 18.2 Å². The fourth-order valence-corrected chi connectivity index (χ4v) is 2.92. The van der Waals surface area contributed by atoms with Gasteiger partial charge in [-0.15, -0.1) is 0 Å². The zero-order chi connectivity index (χ0) is 30.7. The van der Waals surface area contributed by atoms with Gasteiger partial charge in [0.2, 0.25) is 0 Å². The molecule has 226 valence electrons. The Balaban J connectivity index is 2.99. The molecule has 0 aliphatic carbocycles. The van der Waals surface area contributed by atoms with Crippen LogP contribution in [0.25, 0.3) is 0 Å². The molecule has 0 fully saturated rings. The molecule has 40 heavy (non-hydrogen) atoms. The maximum atomic E-state index is 12.3. The van der Waals surface area contributed by atoms with Gasteiger partial charge in [0.15, 0.2) is 11.5 Å². The largest absolute Gasteiger partial charge is 0.514 e. The second-order valence-corrected chi connectivity index (χ2v) is 11.4. The van der Waals surface area contributed by atoms with Gasteiger partial charge in [0.25, 0.3) is 0 Å². The number of aliphatic carboxylic acids is 1. The third kappa shape index (κ3) is 14.6. The highest BCUT2D eigenvalue weighted by atomic mass is 16.8. The topological polar surface area (TPSA) is 156 Å². The van der Waals surface area contributed by atoms with E-state index < -0.39 is 47.8 Å². The molecule has 0 spiro atoms. The third-order valence-corrected chi connectivity index (χ3v) is 5.04. The Morgan fingerprint density at radius 2 is 1.43 bits per heavy atom. The average molecular weight is 570 g/mol. The van der Waals surface area contributed by atoms with Crippen LogP contribution in [0.3, 0.4) is 0 Å². The number of ether oxygens (including phenoxy) is 6. The smallest absolute Gasteiger partial charge is 0.480 e. The molecule has 0 heterocycles. The predicted octanol–water partition coefficient (Wildman–Crippen LogP) is 5.49. The van der Waals surface area contributed by atoms with Crippen molar-refractivity contribution < 1.29 is 52.7 Å². The van der Waals surface area contributed by atoms with Gasteiger partial charge < -0.3 is 38.8 Å². The van der Waals surface area contributed by atoms with Gasteiger partial charge in [-0.1, -0.05) is 26.3 Å². The standard InChI is InChI=1S/C28H43NO11/c1-10-17(2)16-35-24(32)36-18(3)15-29-20(23(30)31)13-19-11-12-21(37-25(33)39-27(4,5)6)22(14-19)38-26(34)40-28(7,8)9/h11-12,14,17-18,20,29H,10,13,15-16H2,1-9H3,(H,30,31)/t17?,18?,20-/m0/s1. The second kappa shape index (κ2) is 15.3. The van der Waals surface area contributed by atoms with Crippen molar-refractivity contribution in [2.75, 3.05) is 13.2 Å². The SMILES string of the molecule is CCC(C)COC(=O)OC(C)CN[C@@H](Cc1ccc(OC(=O)OC(C)(C)C)c(OC(=O)OC(C)(C)C)c1)C(=O)O. The van der Waals surface area contributed by atoms with Crippen LogP contribution in [0.2, 0.25) is 0 Å². The minimum atomic E-state index is -1.16. The molecular weight excluding hydrogens is 526 g/mol. The maximum Gasteiger partial charge on any atom is 0.514 e. The van der Waals surface area contributed by atoms with Gasteiger partial charge in [-0.2, -0.15) is 0 Å². The number of carboxylic acid groups (broad SMARTS) is 1. The van der Waals surface area contributed by atoms with E-state index in [0.29, 0.717) is 5.56 Å². The number of carbonyl (C=O) groups excluding carboxylic acids is 3. The van der Waals surface area contributed by atoms with Crippen molar-refractivity contribution in [2.45, 2.75) is 98.5 Å². The lowest BCUT2D eigenvalue weighted by atomic mass is 10.0. The van der Waals surface area contributed by atoms with Crippen molar-refractivity contribution in [3.05, 3.63) is 23.8 Å². The van der Waals surface area contributed by atoms with Gasteiger partial charge in [0, 0.05) is 6.54 Å². The summed E-state index contributed by atoms with van der Waals surface area (Å²) in [6.45, 7) is 15.7. The van der Waals surface area contributed by atoms with Crippen molar-refractivity contribution in [1.29, 1.82) is 0 Å². The van der Waals surface area contributed by atoms with Gasteiger partial charge in [-0.25, -0.2) is 14.4 Å². The van der Waals surface area contributed by atoms with E-state index in [0.717, 1.165) is 6.42 Å². The lowest BCUT2D eigenvalue weighted by Crippen LogP contribution is -2.42. The summed E-state index contributed by atoms with van der Waals surface area (Å²) in [5, 5.41) is 12.6. The number of carbonyl (C=O) groups is 4. The summed E-state index contributed by atoms with van der Waals surface area (Å²) >= 11 is 0. The first-order chi connectivity index (χ1) is 18.4. The van der Waals surface area contributed by atoms with E-state index in [1.54, 1.807) is 48.5 Å². The minimum absolute atomic E-state index is 0.0382. The number of benzene rings is 1. The molecule has 12 nitrogen and oxygen atoms in total. The minimum Gasteiger partial charge on any atom is -0.480 e. The van der Waals surface area contributed by atoms with Gasteiger partial charge in [-0.05, 0) is 78.5 Å². The van der Waals surface area contributed by atoms with Crippen LogP contribution in [0, 0.1) is 5.92 Å². The summed E-state index contributed by atoms with van der Waals surface area (Å²) in [7, 11) is 0. The molecule has 2 unspecified atom stereocenters.